The summed E-state index contributed by atoms with van der Waals surface area (Å²) in [6.45, 7) is 2.58. The Balaban J connectivity index is 1.35. The number of para-hydroxylation sites is 1. The third kappa shape index (κ3) is 5.92. The number of hydrogen-bond acceptors (Lipinski definition) is 5. The molecule has 0 aromatic heterocycles. The van der Waals surface area contributed by atoms with E-state index in [9.17, 15) is 10.1 Å². The number of thioether (sulfide) groups is 1. The van der Waals surface area contributed by atoms with Gasteiger partial charge < -0.3 is 15.0 Å². The number of carbonyl (C=O) groups is 1. The Morgan fingerprint density at radius 2 is 1.87 bits per heavy atom. The number of nitriles is 1. The van der Waals surface area contributed by atoms with Crippen LogP contribution in [0.4, 0.5) is 5.69 Å². The van der Waals surface area contributed by atoms with Crippen molar-refractivity contribution in [2.75, 3.05) is 5.32 Å². The lowest BCUT2D eigenvalue weighted by Crippen LogP contribution is -2.48. The molecule has 3 atom stereocenters. The lowest BCUT2D eigenvalue weighted by molar-refractivity contribution is -0.129. The quantitative estimate of drug-likeness (QED) is 0.286. The van der Waals surface area contributed by atoms with Crippen molar-refractivity contribution in [2.45, 2.75) is 50.8 Å². The molecule has 194 valence electrons. The second kappa shape index (κ2) is 12.1. The Kier molecular flexibility index (Phi) is 8.41. The summed E-state index contributed by atoms with van der Waals surface area (Å²) in [6, 6.07) is 25.8. The van der Waals surface area contributed by atoms with Gasteiger partial charge in [0.2, 0.25) is 0 Å². The molecule has 2 aliphatic rings. The van der Waals surface area contributed by atoms with Crippen LogP contribution in [0.15, 0.2) is 82.2 Å². The number of carbonyl (C=O) groups excluding carboxylic acids is 1. The van der Waals surface area contributed by atoms with Crippen molar-refractivity contribution >= 4 is 45.4 Å². The first-order valence-electron chi connectivity index (χ1n) is 13.0. The molecule has 1 aliphatic heterocycles. The molecule has 5 rings (SSSR count). The van der Waals surface area contributed by atoms with Gasteiger partial charge in [-0.2, -0.15) is 5.26 Å². The van der Waals surface area contributed by atoms with Gasteiger partial charge in [0.25, 0.3) is 5.91 Å². The van der Waals surface area contributed by atoms with Gasteiger partial charge in [0, 0.05) is 17.3 Å². The second-order valence-electron chi connectivity index (χ2n) is 9.78. The maximum absolute atomic E-state index is 13.8. The van der Waals surface area contributed by atoms with Crippen molar-refractivity contribution in [2.24, 2.45) is 5.92 Å². The van der Waals surface area contributed by atoms with E-state index in [0.717, 1.165) is 45.5 Å². The Morgan fingerprint density at radius 1 is 1.11 bits per heavy atom. The molecule has 2 fully saturated rings. The fraction of sp³-hybridized carbons (Fsp3) is 0.290. The summed E-state index contributed by atoms with van der Waals surface area (Å²) in [6.07, 6.45) is 6.56. The van der Waals surface area contributed by atoms with Crippen LogP contribution in [0.2, 0.25) is 0 Å². The van der Waals surface area contributed by atoms with Gasteiger partial charge in [-0.1, -0.05) is 74.0 Å². The molecule has 1 N–H and O–H groups in total. The highest BCUT2D eigenvalue weighted by Gasteiger charge is 2.42. The van der Waals surface area contributed by atoms with Gasteiger partial charge in [0.15, 0.2) is 5.50 Å². The van der Waals surface area contributed by atoms with Gasteiger partial charge in [-0.15, -0.1) is 0 Å². The molecular weight excluding hydrogens is 558 g/mol. The maximum atomic E-state index is 13.8. The van der Waals surface area contributed by atoms with E-state index in [1.807, 2.05) is 72.8 Å². The second-order valence-corrected chi connectivity index (χ2v) is 11.8. The number of ether oxygens (including phenoxy) is 1. The Labute approximate surface area is 237 Å². The van der Waals surface area contributed by atoms with E-state index in [0.29, 0.717) is 23.8 Å². The summed E-state index contributed by atoms with van der Waals surface area (Å²) in [4.78, 5) is 16.6. The predicted molar refractivity (Wildman–Crippen MR) is 157 cm³/mol. The Hall–Kier alpha value is -3.21. The summed E-state index contributed by atoms with van der Waals surface area (Å²) in [5.74, 6) is 1.25. The minimum absolute atomic E-state index is 0.0896. The summed E-state index contributed by atoms with van der Waals surface area (Å²) in [7, 11) is 0. The van der Waals surface area contributed by atoms with Crippen LogP contribution in [0.25, 0.3) is 6.08 Å². The zero-order valence-electron chi connectivity index (χ0n) is 21.3. The summed E-state index contributed by atoms with van der Waals surface area (Å²) >= 11 is 5.21. The molecule has 1 unspecified atom stereocenters. The summed E-state index contributed by atoms with van der Waals surface area (Å²) in [5, 5.41) is 12.9. The van der Waals surface area contributed by atoms with E-state index in [4.69, 9.17) is 4.74 Å². The summed E-state index contributed by atoms with van der Waals surface area (Å²) < 4.78 is 6.79. The average Bonchev–Trinajstić information content (AvgIpc) is 3.23. The first-order valence-corrected chi connectivity index (χ1v) is 14.6. The number of nitrogens with one attached hydrogen (secondary N) is 1. The summed E-state index contributed by atoms with van der Waals surface area (Å²) in [5.41, 5.74) is 3.24. The number of hydrogen-bond donors (Lipinski definition) is 1. The molecule has 1 heterocycles. The van der Waals surface area contributed by atoms with Crippen molar-refractivity contribution in [1.82, 2.24) is 4.90 Å². The molecule has 38 heavy (non-hydrogen) atoms. The Morgan fingerprint density at radius 3 is 2.63 bits per heavy atom. The third-order valence-electron chi connectivity index (χ3n) is 7.20. The van der Waals surface area contributed by atoms with Gasteiger partial charge in [0.05, 0.1) is 21.0 Å². The standard InChI is InChI=1S/C31H30BrN3O2S/c1-21-9-5-8-14-27(21)35-30(36)29(38-31(35)34-25-12-3-2-4-13-25)18-22-15-16-28(26(32)17-22)37-20-24-11-7-6-10-23(24)19-33/h2-4,6-7,10-13,15-18,21,27,31,34H,5,8-9,14,20H2,1H3/b29-18-/t21-,27-,31?/m0/s1. The lowest BCUT2D eigenvalue weighted by atomic mass is 9.85. The minimum atomic E-state index is -0.145. The van der Waals surface area contributed by atoms with Crippen LogP contribution in [0.1, 0.15) is 49.3 Å². The monoisotopic (exact) mass is 587 g/mol. The topological polar surface area (TPSA) is 65.4 Å². The van der Waals surface area contributed by atoms with Crippen LogP contribution >= 0.6 is 27.7 Å². The highest BCUT2D eigenvalue weighted by Crippen LogP contribution is 2.42. The molecule has 0 bridgehead atoms. The van der Waals surface area contributed by atoms with Crippen molar-refractivity contribution in [3.8, 4) is 11.8 Å². The first kappa shape index (κ1) is 26.4. The molecule has 0 radical (unpaired) electrons. The van der Waals surface area contributed by atoms with Gasteiger partial charge in [-0.05, 0) is 76.7 Å². The third-order valence-corrected chi connectivity index (χ3v) is 8.93. The van der Waals surface area contributed by atoms with Crippen LogP contribution in [0.3, 0.4) is 0 Å². The number of amides is 1. The van der Waals surface area contributed by atoms with Crippen LogP contribution in [-0.4, -0.2) is 22.3 Å². The van der Waals surface area contributed by atoms with Gasteiger partial charge in [0.1, 0.15) is 12.4 Å². The van der Waals surface area contributed by atoms with Crippen LogP contribution in [0.5, 0.6) is 5.75 Å². The molecule has 1 saturated heterocycles. The zero-order chi connectivity index (χ0) is 26.5. The maximum Gasteiger partial charge on any atom is 0.262 e. The minimum Gasteiger partial charge on any atom is -0.488 e. The zero-order valence-corrected chi connectivity index (χ0v) is 23.7. The van der Waals surface area contributed by atoms with Crippen molar-refractivity contribution < 1.29 is 9.53 Å². The van der Waals surface area contributed by atoms with Crippen molar-refractivity contribution in [3.05, 3.63) is 98.9 Å². The number of benzene rings is 3. The largest absolute Gasteiger partial charge is 0.488 e. The molecule has 3 aromatic carbocycles. The van der Waals surface area contributed by atoms with Crippen molar-refractivity contribution in [3.63, 3.8) is 0 Å². The molecule has 3 aromatic rings. The van der Waals surface area contributed by atoms with E-state index in [-0.39, 0.29) is 17.4 Å². The Bertz CT molecular complexity index is 1370. The SMILES string of the molecule is C[C@H]1CCCC[C@@H]1N1C(=O)/C(=C/c2ccc(OCc3ccccc3C#N)c(Br)c2)SC1Nc1ccccc1. The fourth-order valence-corrected chi connectivity index (χ4v) is 6.88. The van der Waals surface area contributed by atoms with Crippen LogP contribution in [-0.2, 0) is 11.4 Å². The molecular formula is C31H30BrN3O2S. The van der Waals surface area contributed by atoms with E-state index >= 15 is 0 Å². The molecule has 1 amide bonds. The van der Waals surface area contributed by atoms with Gasteiger partial charge in [-0.25, -0.2) is 0 Å². The van der Waals surface area contributed by atoms with Gasteiger partial charge >= 0.3 is 0 Å². The van der Waals surface area contributed by atoms with Crippen LogP contribution in [0, 0.1) is 17.2 Å². The number of rotatable bonds is 7. The highest BCUT2D eigenvalue weighted by molar-refractivity contribution is 9.10. The first-order chi connectivity index (χ1) is 18.5. The lowest BCUT2D eigenvalue weighted by Gasteiger charge is -2.39. The molecule has 5 nitrogen and oxygen atoms in total. The van der Waals surface area contributed by atoms with E-state index < -0.39 is 0 Å². The van der Waals surface area contributed by atoms with Gasteiger partial charge in [-0.3, -0.25) is 4.79 Å². The van der Waals surface area contributed by atoms with E-state index in [1.54, 1.807) is 17.8 Å². The predicted octanol–water partition coefficient (Wildman–Crippen LogP) is 7.79. The van der Waals surface area contributed by atoms with E-state index in [1.165, 1.54) is 6.42 Å². The number of nitrogens with zero attached hydrogens (tertiary/aromatic N) is 2. The van der Waals surface area contributed by atoms with Crippen LogP contribution < -0.4 is 10.1 Å². The smallest absolute Gasteiger partial charge is 0.262 e. The number of anilines is 1. The van der Waals surface area contributed by atoms with Crippen molar-refractivity contribution in [1.29, 1.82) is 5.26 Å². The molecule has 1 aliphatic carbocycles. The average molecular weight is 589 g/mol. The van der Waals surface area contributed by atoms with E-state index in [2.05, 4.69) is 39.1 Å². The molecule has 7 heteroatoms. The fourth-order valence-electron chi connectivity index (χ4n) is 5.15. The normalized spacial score (nSPS) is 22.3. The number of halogens is 1. The molecule has 1 saturated carbocycles. The highest BCUT2D eigenvalue weighted by atomic mass is 79.9. The molecule has 0 spiro atoms.